The van der Waals surface area contributed by atoms with Crippen LogP contribution >= 0.6 is 0 Å². The Hall–Kier alpha value is -4.18. The van der Waals surface area contributed by atoms with Crippen molar-refractivity contribution in [2.45, 2.75) is 83.5 Å². The van der Waals surface area contributed by atoms with Crippen LogP contribution in [0.5, 0.6) is 11.5 Å². The Morgan fingerprint density at radius 1 is 0.844 bits per heavy atom. The zero-order valence-corrected chi connectivity index (χ0v) is 28.4. The second kappa shape index (κ2) is 16.2. The highest BCUT2D eigenvalue weighted by Crippen LogP contribution is 2.42. The van der Waals surface area contributed by atoms with Crippen LogP contribution in [0.3, 0.4) is 0 Å². The van der Waals surface area contributed by atoms with E-state index in [1.165, 1.54) is 25.3 Å². The van der Waals surface area contributed by atoms with Gasteiger partial charge in [-0.15, -0.1) is 0 Å². The van der Waals surface area contributed by atoms with E-state index in [1.807, 2.05) is 54.6 Å². The molecule has 0 aromatic heterocycles. The van der Waals surface area contributed by atoms with Crippen molar-refractivity contribution in [3.63, 3.8) is 0 Å². The van der Waals surface area contributed by atoms with Crippen molar-refractivity contribution in [1.82, 2.24) is 5.32 Å². The first-order valence-electron chi connectivity index (χ1n) is 15.5. The van der Waals surface area contributed by atoms with Crippen LogP contribution in [-0.2, 0) is 22.4 Å². The number of nitrogens with one attached hydrogen (secondary N) is 1. The maximum absolute atomic E-state index is 13.1. The monoisotopic (exact) mass is 634 g/mol. The van der Waals surface area contributed by atoms with Crippen LogP contribution in [0.2, 0.25) is 16.6 Å². The van der Waals surface area contributed by atoms with Gasteiger partial charge in [-0.1, -0.05) is 84.0 Å². The van der Waals surface area contributed by atoms with Crippen LogP contribution in [0, 0.1) is 10.1 Å². The largest absolute Gasteiger partial charge is 0.543 e. The van der Waals surface area contributed by atoms with Crippen LogP contribution < -0.4 is 14.5 Å². The first-order valence-corrected chi connectivity index (χ1v) is 17.6. The van der Waals surface area contributed by atoms with Crippen LogP contribution in [-0.4, -0.2) is 44.9 Å². The number of rotatable bonds is 16. The van der Waals surface area contributed by atoms with Crippen molar-refractivity contribution in [3.8, 4) is 11.5 Å². The minimum absolute atomic E-state index is 0.0203. The predicted molar refractivity (Wildman–Crippen MR) is 178 cm³/mol. The second-order valence-electron chi connectivity index (χ2n) is 12.2. The molecule has 3 aromatic rings. The lowest BCUT2D eigenvalue weighted by atomic mass is 10.0. The van der Waals surface area contributed by atoms with Gasteiger partial charge in [-0.25, -0.2) is 4.79 Å². The lowest BCUT2D eigenvalue weighted by Crippen LogP contribution is -2.50. The maximum atomic E-state index is 13.1. The number of benzene rings is 3. The number of esters is 1. The fourth-order valence-corrected chi connectivity index (χ4v) is 11.3. The van der Waals surface area contributed by atoms with Crippen LogP contribution in [0.1, 0.15) is 69.4 Å². The molecule has 0 aliphatic heterocycles. The molecule has 0 saturated carbocycles. The number of carbonyl (C=O) groups is 2. The highest BCUT2D eigenvalue weighted by Gasteiger charge is 2.47. The van der Waals surface area contributed by atoms with Crippen LogP contribution in [0.4, 0.5) is 5.69 Å². The van der Waals surface area contributed by atoms with E-state index in [2.05, 4.69) is 46.9 Å². The van der Waals surface area contributed by atoms with Crippen molar-refractivity contribution in [2.24, 2.45) is 0 Å². The van der Waals surface area contributed by atoms with Gasteiger partial charge in [-0.05, 0) is 58.8 Å². The summed E-state index contributed by atoms with van der Waals surface area (Å²) in [6, 6.07) is 20.6. The van der Waals surface area contributed by atoms with E-state index in [0.717, 1.165) is 16.9 Å². The van der Waals surface area contributed by atoms with E-state index in [4.69, 9.17) is 13.9 Å². The van der Waals surface area contributed by atoms with Gasteiger partial charge in [0.1, 0.15) is 11.8 Å². The first-order chi connectivity index (χ1) is 21.4. The van der Waals surface area contributed by atoms with Gasteiger partial charge >= 0.3 is 11.7 Å². The second-order valence-corrected chi connectivity index (χ2v) is 17.6. The van der Waals surface area contributed by atoms with Crippen LogP contribution in [0.25, 0.3) is 0 Å². The third-order valence-corrected chi connectivity index (χ3v) is 14.4. The SMILES string of the molecule is COC(=O)[C@H](CCc1ccccc1)NC(=O)c1ccc([N+](=O)[O-])c(OCCc2ccc(O[Si](C(C)C)(C(C)C)C(C)C)cc2)c1. The highest BCUT2D eigenvalue weighted by atomic mass is 28.4. The smallest absolute Gasteiger partial charge is 0.328 e. The number of hydrogen-bond acceptors (Lipinski definition) is 7. The summed E-state index contributed by atoms with van der Waals surface area (Å²) in [5.41, 5.74) is 3.27. The standard InChI is InChI=1S/C35H46N2O7Si/c1-24(2)45(25(3)4,26(5)6)44-30-17-13-28(14-18-30)21-22-43-33-23-29(16-20-32(33)37(40)41)34(38)36-31(35(39)42-7)19-15-27-11-9-8-10-12-27/h8-14,16-18,20,23-26,31H,15,19,21-22H2,1-7H3,(H,36,38)/t31-/m0/s1. The molecule has 0 spiro atoms. The molecule has 0 aliphatic rings. The van der Waals surface area contributed by atoms with Crippen LogP contribution in [0.15, 0.2) is 72.8 Å². The van der Waals surface area contributed by atoms with E-state index in [1.54, 1.807) is 0 Å². The van der Waals surface area contributed by atoms with Crippen molar-refractivity contribution in [1.29, 1.82) is 0 Å². The molecule has 45 heavy (non-hydrogen) atoms. The predicted octanol–water partition coefficient (Wildman–Crippen LogP) is 7.67. The Kier molecular flexibility index (Phi) is 12.7. The van der Waals surface area contributed by atoms with Crippen molar-refractivity contribution in [2.75, 3.05) is 13.7 Å². The number of nitro benzene ring substituents is 1. The van der Waals surface area contributed by atoms with E-state index in [9.17, 15) is 19.7 Å². The zero-order chi connectivity index (χ0) is 33.1. The molecule has 242 valence electrons. The molecule has 1 amide bonds. The summed E-state index contributed by atoms with van der Waals surface area (Å²) in [6.07, 6.45) is 1.38. The summed E-state index contributed by atoms with van der Waals surface area (Å²) in [5, 5.41) is 14.4. The summed E-state index contributed by atoms with van der Waals surface area (Å²) < 4.78 is 17.5. The molecule has 0 heterocycles. The van der Waals surface area contributed by atoms with E-state index in [-0.39, 0.29) is 23.6 Å². The highest BCUT2D eigenvalue weighted by molar-refractivity contribution is 6.78. The quantitative estimate of drug-likeness (QED) is 0.0743. The van der Waals surface area contributed by atoms with E-state index < -0.39 is 31.2 Å². The van der Waals surface area contributed by atoms with Gasteiger partial charge in [0.15, 0.2) is 5.75 Å². The van der Waals surface area contributed by atoms with E-state index >= 15 is 0 Å². The number of nitro groups is 1. The van der Waals surface area contributed by atoms with Crippen molar-refractivity contribution in [3.05, 3.63) is 99.6 Å². The lowest BCUT2D eigenvalue weighted by molar-refractivity contribution is -0.385. The maximum Gasteiger partial charge on any atom is 0.328 e. The summed E-state index contributed by atoms with van der Waals surface area (Å²) in [4.78, 5) is 36.7. The lowest BCUT2D eigenvalue weighted by Gasteiger charge is -2.42. The molecule has 0 saturated heterocycles. The Balaban J connectivity index is 1.68. The summed E-state index contributed by atoms with van der Waals surface area (Å²) >= 11 is 0. The molecular formula is C35H46N2O7Si. The minimum atomic E-state index is -2.07. The molecule has 0 aliphatic carbocycles. The van der Waals surface area contributed by atoms with Gasteiger partial charge in [0.25, 0.3) is 14.2 Å². The van der Waals surface area contributed by atoms with Gasteiger partial charge in [0.05, 0.1) is 18.6 Å². The van der Waals surface area contributed by atoms with E-state index in [0.29, 0.717) is 35.9 Å². The van der Waals surface area contributed by atoms with Gasteiger partial charge in [-0.3, -0.25) is 14.9 Å². The molecule has 10 heteroatoms. The number of ether oxygens (including phenoxy) is 2. The number of nitrogens with zero attached hydrogens (tertiary/aromatic N) is 1. The molecule has 1 atom stereocenters. The zero-order valence-electron chi connectivity index (χ0n) is 27.4. The topological polar surface area (TPSA) is 117 Å². The minimum Gasteiger partial charge on any atom is -0.543 e. The number of methoxy groups -OCH3 is 1. The summed E-state index contributed by atoms with van der Waals surface area (Å²) in [5.74, 6) is -0.295. The normalized spacial score (nSPS) is 12.2. The Bertz CT molecular complexity index is 1400. The molecule has 3 aromatic carbocycles. The number of carbonyl (C=O) groups excluding carboxylic acids is 2. The van der Waals surface area contributed by atoms with Gasteiger partial charge in [0.2, 0.25) is 0 Å². The Labute approximate surface area is 267 Å². The fraction of sp³-hybridized carbons (Fsp3) is 0.429. The molecule has 0 bridgehead atoms. The number of hydrogen-bond donors (Lipinski definition) is 1. The summed E-state index contributed by atoms with van der Waals surface area (Å²) in [6.45, 7) is 13.7. The van der Waals surface area contributed by atoms with Gasteiger partial charge < -0.3 is 19.2 Å². The van der Waals surface area contributed by atoms with Crippen molar-refractivity contribution < 1.29 is 28.4 Å². The van der Waals surface area contributed by atoms with Gasteiger partial charge in [0, 0.05) is 24.1 Å². The van der Waals surface area contributed by atoms with Gasteiger partial charge in [-0.2, -0.15) is 0 Å². The molecule has 3 rings (SSSR count). The number of aryl methyl sites for hydroxylation is 1. The summed E-state index contributed by atoms with van der Waals surface area (Å²) in [7, 11) is -0.809. The molecule has 9 nitrogen and oxygen atoms in total. The number of amides is 1. The fourth-order valence-electron chi connectivity index (χ4n) is 6.07. The molecule has 0 fully saturated rings. The average molecular weight is 635 g/mol. The molecule has 1 N–H and O–H groups in total. The third-order valence-electron chi connectivity index (χ3n) is 8.35. The van der Waals surface area contributed by atoms with Crippen molar-refractivity contribution >= 4 is 25.9 Å². The Morgan fingerprint density at radius 2 is 1.44 bits per heavy atom. The first kappa shape index (κ1) is 35.3. The molecule has 0 unspecified atom stereocenters. The molecule has 0 radical (unpaired) electrons. The third kappa shape index (κ3) is 9.17. The molecular weight excluding hydrogens is 588 g/mol. The average Bonchev–Trinajstić information content (AvgIpc) is 3.01. The Morgan fingerprint density at radius 3 is 2.00 bits per heavy atom.